The molecule has 1 amide bonds. The molecule has 0 spiro atoms. The number of fused-ring (bicyclic) bond motifs is 1. The molecule has 5 N–H and O–H groups in total. The summed E-state index contributed by atoms with van der Waals surface area (Å²) < 4.78 is 48.2. The minimum Gasteiger partial charge on any atom is -0.450 e. The molecule has 0 aliphatic rings. The molecule has 0 fully saturated rings. The monoisotopic (exact) mass is 457 g/mol. The number of carbonyl (C=O) groups excluding carboxylic acids is 1. The van der Waals surface area contributed by atoms with Gasteiger partial charge in [-0.15, -0.1) is 0 Å². The summed E-state index contributed by atoms with van der Waals surface area (Å²) in [6.45, 7) is 1.77. The molecule has 2 aromatic carbocycles. The van der Waals surface area contributed by atoms with Gasteiger partial charge in [0.05, 0.1) is 17.8 Å². The molecule has 12 heteroatoms. The molecule has 4 rings (SSSR count). The Labute approximate surface area is 185 Å². The third-order valence-electron chi connectivity index (χ3n) is 4.79. The predicted molar refractivity (Wildman–Crippen MR) is 115 cm³/mol. The molecule has 0 radical (unpaired) electrons. The second-order valence-electron chi connectivity index (χ2n) is 6.89. The van der Waals surface area contributed by atoms with Crippen LogP contribution in [0.4, 0.5) is 35.3 Å². The summed E-state index contributed by atoms with van der Waals surface area (Å²) in [5.74, 6) is -3.67. The van der Waals surface area contributed by atoms with E-state index in [1.807, 2.05) is 0 Å². The van der Waals surface area contributed by atoms with Crippen LogP contribution in [0.15, 0.2) is 36.4 Å². The van der Waals surface area contributed by atoms with Crippen molar-refractivity contribution in [2.75, 3.05) is 23.4 Å². The van der Waals surface area contributed by atoms with Crippen LogP contribution in [-0.2, 0) is 11.2 Å². The first kappa shape index (κ1) is 21.9. The van der Waals surface area contributed by atoms with Crippen LogP contribution in [0, 0.1) is 17.5 Å². The number of nitrogens with zero attached hydrogens (tertiary/aromatic N) is 4. The maximum absolute atomic E-state index is 14.2. The number of halogens is 3. The third kappa shape index (κ3) is 4.10. The molecule has 33 heavy (non-hydrogen) atoms. The van der Waals surface area contributed by atoms with Gasteiger partial charge in [0.2, 0.25) is 0 Å². The largest absolute Gasteiger partial charge is 0.450 e. The fourth-order valence-corrected chi connectivity index (χ4v) is 3.29. The van der Waals surface area contributed by atoms with Crippen molar-refractivity contribution in [1.29, 1.82) is 0 Å². The van der Waals surface area contributed by atoms with Gasteiger partial charge in [0.25, 0.3) is 5.95 Å². The summed E-state index contributed by atoms with van der Waals surface area (Å²) in [5, 5.41) is 7.29. The first-order chi connectivity index (χ1) is 15.8. The van der Waals surface area contributed by atoms with E-state index in [9.17, 15) is 18.0 Å². The van der Waals surface area contributed by atoms with E-state index < -0.39 is 29.1 Å². The zero-order chi connectivity index (χ0) is 23.7. The molecule has 9 nitrogen and oxygen atoms in total. The molecule has 0 aliphatic heterocycles. The molecule has 0 saturated heterocycles. The summed E-state index contributed by atoms with van der Waals surface area (Å²) in [5.41, 5.74) is 12.2. The number of ether oxygens (including phenoxy) is 1. The second-order valence-corrected chi connectivity index (χ2v) is 6.89. The zero-order valence-corrected chi connectivity index (χ0v) is 17.3. The normalized spacial score (nSPS) is 11.0. The Morgan fingerprint density at radius 3 is 2.42 bits per heavy atom. The summed E-state index contributed by atoms with van der Waals surface area (Å²) in [6, 6.07) is 8.38. The number of para-hydroxylation sites is 1. The lowest BCUT2D eigenvalue weighted by Gasteiger charge is -2.11. The van der Waals surface area contributed by atoms with Gasteiger partial charge < -0.3 is 16.2 Å². The molecule has 170 valence electrons. The number of aromatic nitrogens is 4. The molecule has 2 aromatic heterocycles. The van der Waals surface area contributed by atoms with Gasteiger partial charge in [-0.05, 0) is 25.1 Å². The van der Waals surface area contributed by atoms with E-state index >= 15 is 0 Å². The van der Waals surface area contributed by atoms with E-state index in [1.54, 1.807) is 31.2 Å². The van der Waals surface area contributed by atoms with Crippen molar-refractivity contribution >= 4 is 34.3 Å². The van der Waals surface area contributed by atoms with Gasteiger partial charge in [-0.3, -0.25) is 5.32 Å². The average molecular weight is 457 g/mol. The molecule has 0 unspecified atom stereocenters. The third-order valence-corrected chi connectivity index (χ3v) is 4.79. The first-order valence-corrected chi connectivity index (χ1v) is 9.76. The van der Waals surface area contributed by atoms with Crippen molar-refractivity contribution < 1.29 is 22.7 Å². The Morgan fingerprint density at radius 2 is 1.73 bits per heavy atom. The van der Waals surface area contributed by atoms with E-state index in [-0.39, 0.29) is 42.0 Å². The van der Waals surface area contributed by atoms with Gasteiger partial charge >= 0.3 is 6.09 Å². The number of hydrogen-bond donors (Lipinski definition) is 3. The number of hydrogen-bond acceptors (Lipinski definition) is 7. The Kier molecular flexibility index (Phi) is 5.73. The molecule has 2 heterocycles. The van der Waals surface area contributed by atoms with Crippen molar-refractivity contribution in [1.82, 2.24) is 19.7 Å². The van der Waals surface area contributed by atoms with Crippen molar-refractivity contribution in [3.63, 3.8) is 0 Å². The van der Waals surface area contributed by atoms with Crippen LogP contribution in [0.25, 0.3) is 16.9 Å². The lowest BCUT2D eigenvalue weighted by Crippen LogP contribution is -2.18. The quantitative estimate of drug-likeness (QED) is 0.390. The molecular formula is C21H18F3N7O2. The van der Waals surface area contributed by atoms with Crippen molar-refractivity contribution in [2.24, 2.45) is 0 Å². The molecule has 0 atom stereocenters. The number of carbonyl (C=O) groups is 1. The number of benzene rings is 2. The minimum absolute atomic E-state index is 0.0298. The van der Waals surface area contributed by atoms with Crippen LogP contribution in [0.3, 0.4) is 0 Å². The van der Waals surface area contributed by atoms with Crippen molar-refractivity contribution in [3.8, 4) is 5.95 Å². The summed E-state index contributed by atoms with van der Waals surface area (Å²) in [6.07, 6.45) is -1.10. The number of rotatable bonds is 5. The number of nitrogen functional groups attached to an aromatic ring is 2. The topological polar surface area (TPSA) is 134 Å². The minimum atomic E-state index is -1.28. The van der Waals surface area contributed by atoms with Crippen LogP contribution in [0.1, 0.15) is 18.2 Å². The number of anilines is 3. The first-order valence-electron chi connectivity index (χ1n) is 9.76. The Morgan fingerprint density at radius 1 is 1.06 bits per heavy atom. The predicted octanol–water partition coefficient (Wildman–Crippen LogP) is 3.56. The van der Waals surface area contributed by atoms with Gasteiger partial charge in [0.1, 0.15) is 11.5 Å². The van der Waals surface area contributed by atoms with Crippen LogP contribution < -0.4 is 16.8 Å². The van der Waals surface area contributed by atoms with E-state index in [0.717, 1.165) is 12.1 Å². The number of amides is 1. The zero-order valence-electron chi connectivity index (χ0n) is 17.3. The smallest absolute Gasteiger partial charge is 0.411 e. The van der Waals surface area contributed by atoms with Gasteiger partial charge in [-0.2, -0.15) is 19.7 Å². The highest BCUT2D eigenvalue weighted by atomic mass is 19.2. The maximum atomic E-state index is 14.2. The fourth-order valence-electron chi connectivity index (χ4n) is 3.29. The highest BCUT2D eigenvalue weighted by Crippen LogP contribution is 2.28. The van der Waals surface area contributed by atoms with Crippen molar-refractivity contribution in [3.05, 3.63) is 65.1 Å². The molecule has 0 saturated carbocycles. The van der Waals surface area contributed by atoms with Crippen LogP contribution in [0.5, 0.6) is 0 Å². The Bertz CT molecular complexity index is 1350. The van der Waals surface area contributed by atoms with E-state index in [1.165, 1.54) is 4.68 Å². The maximum Gasteiger partial charge on any atom is 0.411 e. The Balaban J connectivity index is 1.79. The van der Waals surface area contributed by atoms with Gasteiger partial charge in [0.15, 0.2) is 23.3 Å². The van der Waals surface area contributed by atoms with Crippen LogP contribution in [0.2, 0.25) is 0 Å². The number of nitrogens with two attached hydrogens (primary N) is 2. The Hall–Kier alpha value is -4.35. The highest BCUT2D eigenvalue weighted by Gasteiger charge is 2.21. The number of nitrogens with one attached hydrogen (secondary N) is 1. The SMILES string of the molecule is CCOC(=O)Nc1c(N)nc(-n2nc(Cc3c(F)ccc(F)c3F)c3ccccc32)nc1N. The fraction of sp³-hybridized carbons (Fsp3) is 0.143. The molecular weight excluding hydrogens is 439 g/mol. The standard InChI is InChI=1S/C21H18F3N7O2/c1-2-33-21(32)27-17-18(25)28-20(29-19(17)26)31-15-6-4-3-5-10(15)14(30-31)9-11-12(22)7-8-13(23)16(11)24/h3-8H,2,9H2,1H3,(H,27,32)(H4,25,26,28,29). The average Bonchev–Trinajstić information content (AvgIpc) is 3.15. The van der Waals surface area contributed by atoms with E-state index in [4.69, 9.17) is 16.2 Å². The summed E-state index contributed by atoms with van der Waals surface area (Å²) in [4.78, 5) is 20.0. The van der Waals surface area contributed by atoms with Crippen molar-refractivity contribution in [2.45, 2.75) is 13.3 Å². The second kappa shape index (κ2) is 8.65. The van der Waals surface area contributed by atoms with E-state index in [2.05, 4.69) is 20.4 Å². The molecule has 0 bridgehead atoms. The van der Waals surface area contributed by atoms with Gasteiger partial charge in [-0.25, -0.2) is 18.0 Å². The van der Waals surface area contributed by atoms with Crippen LogP contribution >= 0.6 is 0 Å². The molecule has 0 aliphatic carbocycles. The lowest BCUT2D eigenvalue weighted by molar-refractivity contribution is 0.168. The van der Waals surface area contributed by atoms with Gasteiger partial charge in [-0.1, -0.05) is 18.2 Å². The summed E-state index contributed by atoms with van der Waals surface area (Å²) in [7, 11) is 0. The summed E-state index contributed by atoms with van der Waals surface area (Å²) >= 11 is 0. The van der Waals surface area contributed by atoms with Gasteiger partial charge in [0, 0.05) is 17.4 Å². The highest BCUT2D eigenvalue weighted by molar-refractivity contribution is 5.92. The molecule has 4 aromatic rings. The van der Waals surface area contributed by atoms with E-state index in [0.29, 0.717) is 10.9 Å². The van der Waals surface area contributed by atoms with Crippen LogP contribution in [-0.4, -0.2) is 32.4 Å². The lowest BCUT2D eigenvalue weighted by atomic mass is 10.1.